The van der Waals surface area contributed by atoms with Gasteiger partial charge in [-0.2, -0.15) is 0 Å². The molecule has 8 nitrogen and oxygen atoms in total. The van der Waals surface area contributed by atoms with E-state index in [1.807, 2.05) is 0 Å². The second-order valence-corrected chi connectivity index (χ2v) is 9.80. The minimum atomic E-state index is -1.05. The van der Waals surface area contributed by atoms with Gasteiger partial charge in [0.15, 0.2) is 5.78 Å². The van der Waals surface area contributed by atoms with Gasteiger partial charge in [-0.05, 0) is 77.1 Å². The molecule has 2 amide bonds. The lowest BCUT2D eigenvalue weighted by Crippen LogP contribution is -2.53. The highest BCUT2D eigenvalue weighted by atomic mass is 35.5. The van der Waals surface area contributed by atoms with Crippen LogP contribution in [0, 0.1) is 0 Å². The first kappa shape index (κ1) is 25.5. The van der Waals surface area contributed by atoms with Crippen molar-refractivity contribution in [2.24, 2.45) is 0 Å². The molecule has 34 heavy (non-hydrogen) atoms. The van der Waals surface area contributed by atoms with Crippen molar-refractivity contribution < 1.29 is 28.6 Å². The molecule has 1 N–H and O–H groups in total. The van der Waals surface area contributed by atoms with E-state index in [9.17, 15) is 14.4 Å². The number of hydrogen-bond donors (Lipinski definition) is 1. The van der Waals surface area contributed by atoms with Crippen LogP contribution in [0.5, 0.6) is 5.75 Å². The van der Waals surface area contributed by atoms with Crippen molar-refractivity contribution in [1.29, 1.82) is 0 Å². The molecule has 1 fully saturated rings. The number of methoxy groups -OCH3 is 1. The molecule has 9 heteroatoms. The highest BCUT2D eigenvalue weighted by Gasteiger charge is 2.49. The summed E-state index contributed by atoms with van der Waals surface area (Å²) in [7, 11) is 1.49. The number of rotatable bonds is 5. The summed E-state index contributed by atoms with van der Waals surface area (Å²) in [5.74, 6) is -0.374. The molecule has 182 valence electrons. The molecule has 0 saturated carbocycles. The Morgan fingerprint density at radius 2 is 1.76 bits per heavy atom. The van der Waals surface area contributed by atoms with E-state index in [-0.39, 0.29) is 23.6 Å². The molecule has 1 saturated heterocycles. The average molecular weight is 489 g/mol. The van der Waals surface area contributed by atoms with Gasteiger partial charge in [0.05, 0.1) is 19.4 Å². The van der Waals surface area contributed by atoms with Crippen LogP contribution in [0.3, 0.4) is 0 Å². The average Bonchev–Trinajstić information content (AvgIpc) is 3.08. The molecular formula is C25H29ClN2O6. The fraction of sp³-hybridized carbons (Fsp3) is 0.400. The van der Waals surface area contributed by atoms with Crippen LogP contribution in [0.4, 0.5) is 10.5 Å². The molecule has 0 spiro atoms. The lowest BCUT2D eigenvalue weighted by atomic mass is 10.0. The molecule has 0 radical (unpaired) electrons. The maximum absolute atomic E-state index is 13.3. The third-order valence-corrected chi connectivity index (χ3v) is 5.47. The van der Waals surface area contributed by atoms with Gasteiger partial charge >= 0.3 is 6.09 Å². The molecule has 0 aliphatic carbocycles. The minimum Gasteiger partial charge on any atom is -0.497 e. The van der Waals surface area contributed by atoms with Crippen LogP contribution in [0.2, 0.25) is 5.02 Å². The maximum atomic E-state index is 13.3. The van der Waals surface area contributed by atoms with Crippen molar-refractivity contribution in [1.82, 2.24) is 4.90 Å². The first-order valence-corrected chi connectivity index (χ1v) is 11.2. The van der Waals surface area contributed by atoms with Crippen LogP contribution in [0.1, 0.15) is 50.5 Å². The fourth-order valence-electron chi connectivity index (χ4n) is 3.57. The van der Waals surface area contributed by atoms with Gasteiger partial charge in [0.1, 0.15) is 23.1 Å². The summed E-state index contributed by atoms with van der Waals surface area (Å²) >= 11 is 5.94. The van der Waals surface area contributed by atoms with Gasteiger partial charge in [-0.25, -0.2) is 4.79 Å². The van der Waals surface area contributed by atoms with Crippen LogP contribution in [0.25, 0.3) is 0 Å². The summed E-state index contributed by atoms with van der Waals surface area (Å²) in [5.41, 5.74) is -0.887. The fourth-order valence-corrected chi connectivity index (χ4v) is 3.70. The van der Waals surface area contributed by atoms with Gasteiger partial charge in [0, 0.05) is 16.1 Å². The normalized spacial score (nSPS) is 17.3. The topological polar surface area (TPSA) is 94.2 Å². The van der Waals surface area contributed by atoms with Crippen LogP contribution in [0.15, 0.2) is 42.5 Å². The Labute approximate surface area is 204 Å². The molecule has 0 bridgehead atoms. The molecule has 1 unspecified atom stereocenters. The smallest absolute Gasteiger partial charge is 0.413 e. The van der Waals surface area contributed by atoms with E-state index in [1.165, 1.54) is 12.0 Å². The SMILES string of the molecule is COc1ccc(NC(=O)C2COC(C)(C)N2C(=O)OC(C)(C)C)c(C(=O)c2ccc(Cl)cc2)c1. The Kier molecular flexibility index (Phi) is 7.24. The number of nitrogens with one attached hydrogen (secondary N) is 1. The van der Waals surface area contributed by atoms with Crippen molar-refractivity contribution in [3.63, 3.8) is 0 Å². The molecule has 1 atom stereocenters. The first-order chi connectivity index (χ1) is 15.8. The lowest BCUT2D eigenvalue weighted by molar-refractivity contribution is -0.121. The maximum Gasteiger partial charge on any atom is 0.413 e. The molecule has 2 aromatic rings. The van der Waals surface area contributed by atoms with Crippen LogP contribution in [-0.4, -0.2) is 53.8 Å². The van der Waals surface area contributed by atoms with E-state index in [2.05, 4.69) is 5.32 Å². The van der Waals surface area contributed by atoms with E-state index in [0.29, 0.717) is 16.3 Å². The second-order valence-electron chi connectivity index (χ2n) is 9.36. The summed E-state index contributed by atoms with van der Waals surface area (Å²) in [6.45, 7) is 8.59. The third-order valence-electron chi connectivity index (χ3n) is 5.21. The minimum absolute atomic E-state index is 0.0192. The Morgan fingerprint density at radius 1 is 1.12 bits per heavy atom. The summed E-state index contributed by atoms with van der Waals surface area (Å²) in [6, 6.07) is 10.3. The standard InChI is InChI=1S/C25H29ClN2O6/c1-24(2,3)34-23(31)28-20(14-33-25(28,4)5)22(30)27-19-12-11-17(32-6)13-18(19)21(29)15-7-9-16(26)10-8-15/h7-13,20H,14H2,1-6H3,(H,27,30). The summed E-state index contributed by atoms with van der Waals surface area (Å²) < 4.78 is 16.5. The Hall–Kier alpha value is -3.10. The highest BCUT2D eigenvalue weighted by molar-refractivity contribution is 6.30. The zero-order valence-electron chi connectivity index (χ0n) is 20.1. The molecule has 1 aliphatic rings. The Bertz CT molecular complexity index is 1090. The molecular weight excluding hydrogens is 460 g/mol. The first-order valence-electron chi connectivity index (χ1n) is 10.8. The van der Waals surface area contributed by atoms with Crippen LogP contribution >= 0.6 is 11.6 Å². The molecule has 1 heterocycles. The number of hydrogen-bond acceptors (Lipinski definition) is 6. The Balaban J connectivity index is 1.91. The van der Waals surface area contributed by atoms with E-state index < -0.39 is 29.4 Å². The van der Waals surface area contributed by atoms with E-state index in [1.54, 1.807) is 77.1 Å². The molecule has 3 rings (SSSR count). The zero-order valence-corrected chi connectivity index (χ0v) is 20.9. The van der Waals surface area contributed by atoms with Crippen molar-refractivity contribution in [3.8, 4) is 5.75 Å². The van der Waals surface area contributed by atoms with Crippen molar-refractivity contribution in [2.75, 3.05) is 19.0 Å². The van der Waals surface area contributed by atoms with E-state index >= 15 is 0 Å². The monoisotopic (exact) mass is 488 g/mol. The largest absolute Gasteiger partial charge is 0.497 e. The van der Waals surface area contributed by atoms with Gasteiger partial charge in [0.25, 0.3) is 0 Å². The highest BCUT2D eigenvalue weighted by Crippen LogP contribution is 2.31. The number of ketones is 1. The molecule has 2 aromatic carbocycles. The van der Waals surface area contributed by atoms with Gasteiger partial charge in [-0.1, -0.05) is 11.6 Å². The number of benzene rings is 2. The predicted molar refractivity (Wildman–Crippen MR) is 128 cm³/mol. The summed E-state index contributed by atoms with van der Waals surface area (Å²) in [4.78, 5) is 40.7. The Morgan fingerprint density at radius 3 is 2.35 bits per heavy atom. The van der Waals surface area contributed by atoms with E-state index in [0.717, 1.165) is 0 Å². The van der Waals surface area contributed by atoms with Gasteiger partial charge in [0.2, 0.25) is 5.91 Å². The van der Waals surface area contributed by atoms with Crippen molar-refractivity contribution in [3.05, 3.63) is 58.6 Å². The third kappa shape index (κ3) is 5.69. The second kappa shape index (κ2) is 9.64. The number of amides is 2. The quantitative estimate of drug-likeness (QED) is 0.602. The number of halogens is 1. The lowest BCUT2D eigenvalue weighted by Gasteiger charge is -2.34. The van der Waals surface area contributed by atoms with Crippen molar-refractivity contribution in [2.45, 2.75) is 52.0 Å². The number of carbonyl (C=O) groups excluding carboxylic acids is 3. The molecule has 0 aromatic heterocycles. The van der Waals surface area contributed by atoms with Crippen LogP contribution < -0.4 is 10.1 Å². The zero-order chi connectivity index (χ0) is 25.3. The number of ether oxygens (including phenoxy) is 3. The van der Waals surface area contributed by atoms with Gasteiger partial charge in [-0.15, -0.1) is 0 Å². The van der Waals surface area contributed by atoms with Crippen molar-refractivity contribution >= 4 is 35.1 Å². The predicted octanol–water partition coefficient (Wildman–Crippen LogP) is 4.89. The van der Waals surface area contributed by atoms with Crippen LogP contribution in [-0.2, 0) is 14.3 Å². The number of anilines is 1. The number of carbonyl (C=O) groups is 3. The van der Waals surface area contributed by atoms with E-state index in [4.69, 9.17) is 25.8 Å². The summed E-state index contributed by atoms with van der Waals surface area (Å²) in [5, 5.41) is 3.28. The number of nitrogens with zero attached hydrogens (tertiary/aromatic N) is 1. The van der Waals surface area contributed by atoms with Gasteiger partial charge < -0.3 is 19.5 Å². The molecule has 1 aliphatic heterocycles. The summed E-state index contributed by atoms with van der Waals surface area (Å²) in [6.07, 6.45) is -0.664. The van der Waals surface area contributed by atoms with Gasteiger partial charge in [-0.3, -0.25) is 14.5 Å².